The summed E-state index contributed by atoms with van der Waals surface area (Å²) in [6.07, 6.45) is 2.33. The highest BCUT2D eigenvalue weighted by molar-refractivity contribution is 6.74. The van der Waals surface area contributed by atoms with Gasteiger partial charge in [0.2, 0.25) is 0 Å². The maximum Gasteiger partial charge on any atom is 0.191 e. The smallest absolute Gasteiger partial charge is 0.191 e. The molecular formula is C13H28O2Si. The van der Waals surface area contributed by atoms with Crippen molar-refractivity contribution >= 4 is 8.32 Å². The van der Waals surface area contributed by atoms with Crippen LogP contribution in [0.1, 0.15) is 34.1 Å². The largest absolute Gasteiger partial charge is 0.416 e. The van der Waals surface area contributed by atoms with Crippen LogP contribution in [0.25, 0.3) is 0 Å². The zero-order valence-corrected chi connectivity index (χ0v) is 12.7. The fourth-order valence-corrected chi connectivity index (χ4v) is 2.21. The van der Waals surface area contributed by atoms with Crippen LogP contribution in [0.2, 0.25) is 18.1 Å². The van der Waals surface area contributed by atoms with E-state index in [2.05, 4.69) is 40.4 Å². The summed E-state index contributed by atoms with van der Waals surface area (Å²) >= 11 is 0. The molecule has 0 saturated carbocycles. The lowest BCUT2D eigenvalue weighted by Crippen LogP contribution is -2.42. The van der Waals surface area contributed by atoms with Crippen LogP contribution in [-0.4, -0.2) is 26.1 Å². The molecule has 0 bridgehead atoms. The molecule has 0 aliphatic rings. The lowest BCUT2D eigenvalue weighted by molar-refractivity contribution is 0.0858. The molecule has 3 heteroatoms. The quantitative estimate of drug-likeness (QED) is 0.571. The van der Waals surface area contributed by atoms with Crippen molar-refractivity contribution in [2.75, 3.05) is 6.61 Å². The molecule has 0 aromatic carbocycles. The zero-order valence-electron chi connectivity index (χ0n) is 11.7. The molecule has 0 aromatic heterocycles. The Kier molecular flexibility index (Phi) is 5.94. The maximum absolute atomic E-state index is 9.63. The van der Waals surface area contributed by atoms with Crippen LogP contribution >= 0.6 is 0 Å². The molecule has 0 aliphatic heterocycles. The number of hydrogen-bond donors (Lipinski definition) is 1. The van der Waals surface area contributed by atoms with Crippen LogP contribution in [0.15, 0.2) is 12.7 Å². The van der Waals surface area contributed by atoms with E-state index < -0.39 is 8.32 Å². The van der Waals surface area contributed by atoms with Gasteiger partial charge >= 0.3 is 0 Å². The van der Waals surface area contributed by atoms with E-state index in [1.807, 2.05) is 13.0 Å². The number of aliphatic hydroxyl groups is 1. The van der Waals surface area contributed by atoms with E-state index in [0.717, 1.165) is 6.42 Å². The molecule has 0 spiro atoms. The second-order valence-electron chi connectivity index (χ2n) is 6.10. The summed E-state index contributed by atoms with van der Waals surface area (Å²) in [4.78, 5) is 0. The van der Waals surface area contributed by atoms with E-state index in [1.54, 1.807) is 0 Å². The molecule has 2 unspecified atom stereocenters. The Balaban J connectivity index is 4.35. The highest BCUT2D eigenvalue weighted by Gasteiger charge is 2.37. The monoisotopic (exact) mass is 244 g/mol. The normalized spacial score (nSPS) is 16.9. The van der Waals surface area contributed by atoms with Crippen molar-refractivity contribution in [2.24, 2.45) is 5.92 Å². The zero-order chi connectivity index (χ0) is 13.0. The third-order valence-electron chi connectivity index (χ3n) is 3.62. The van der Waals surface area contributed by atoms with Crippen molar-refractivity contribution in [1.29, 1.82) is 0 Å². The minimum Gasteiger partial charge on any atom is -0.416 e. The molecular weight excluding hydrogens is 216 g/mol. The van der Waals surface area contributed by atoms with Gasteiger partial charge in [0.15, 0.2) is 8.32 Å². The Morgan fingerprint density at radius 3 is 2.19 bits per heavy atom. The van der Waals surface area contributed by atoms with Gasteiger partial charge in [-0.15, -0.1) is 6.58 Å². The minimum absolute atomic E-state index is 0.173. The van der Waals surface area contributed by atoms with Gasteiger partial charge in [-0.3, -0.25) is 0 Å². The first-order chi connectivity index (χ1) is 7.12. The first-order valence-electron chi connectivity index (χ1n) is 6.04. The fourth-order valence-electron chi connectivity index (χ4n) is 1.15. The van der Waals surface area contributed by atoms with Crippen molar-refractivity contribution in [3.05, 3.63) is 12.7 Å². The summed E-state index contributed by atoms with van der Waals surface area (Å²) in [5.74, 6) is 0.173. The molecule has 16 heavy (non-hydrogen) atoms. The van der Waals surface area contributed by atoms with Crippen LogP contribution in [0.4, 0.5) is 0 Å². The Hall–Kier alpha value is -0.123. The number of rotatable bonds is 6. The van der Waals surface area contributed by atoms with Gasteiger partial charge in [0, 0.05) is 12.5 Å². The van der Waals surface area contributed by atoms with Gasteiger partial charge < -0.3 is 9.53 Å². The number of aliphatic hydroxyl groups excluding tert-OH is 1. The predicted octanol–water partition coefficient (Wildman–Crippen LogP) is 3.58. The van der Waals surface area contributed by atoms with Crippen molar-refractivity contribution in [2.45, 2.75) is 58.4 Å². The topological polar surface area (TPSA) is 29.5 Å². The van der Waals surface area contributed by atoms with Crippen molar-refractivity contribution in [1.82, 2.24) is 0 Å². The Morgan fingerprint density at radius 1 is 1.38 bits per heavy atom. The molecule has 0 rings (SSSR count). The summed E-state index contributed by atoms with van der Waals surface area (Å²) in [6, 6.07) is 0. The van der Waals surface area contributed by atoms with E-state index in [9.17, 15) is 5.11 Å². The summed E-state index contributed by atoms with van der Waals surface area (Å²) in [5, 5.41) is 9.86. The minimum atomic E-state index is -1.69. The molecule has 0 radical (unpaired) electrons. The predicted molar refractivity (Wildman–Crippen MR) is 73.1 cm³/mol. The van der Waals surface area contributed by atoms with Crippen molar-refractivity contribution in [3.63, 3.8) is 0 Å². The first kappa shape index (κ1) is 15.9. The summed E-state index contributed by atoms with van der Waals surface area (Å²) in [5.41, 5.74) is 0. The summed E-state index contributed by atoms with van der Waals surface area (Å²) < 4.78 is 6.10. The molecule has 1 N–H and O–H groups in total. The average Bonchev–Trinajstić information content (AvgIpc) is 2.09. The van der Waals surface area contributed by atoms with Crippen LogP contribution < -0.4 is 0 Å². The third-order valence-corrected chi connectivity index (χ3v) is 8.12. The molecule has 0 aliphatic carbocycles. The molecule has 2 atom stereocenters. The molecule has 2 nitrogen and oxygen atoms in total. The Labute approximate surface area is 102 Å². The van der Waals surface area contributed by atoms with E-state index in [1.165, 1.54) is 0 Å². The SMILES string of the molecule is C=CCC(CO[Si](C)(C)C(C)(C)C)C(C)O. The maximum atomic E-state index is 9.63. The highest BCUT2D eigenvalue weighted by atomic mass is 28.4. The first-order valence-corrected chi connectivity index (χ1v) is 8.95. The van der Waals surface area contributed by atoms with E-state index in [0.29, 0.717) is 6.61 Å². The second-order valence-corrected chi connectivity index (χ2v) is 10.9. The Bertz CT molecular complexity index is 216. The van der Waals surface area contributed by atoms with E-state index in [4.69, 9.17) is 4.43 Å². The van der Waals surface area contributed by atoms with Gasteiger partial charge in [0.05, 0.1) is 6.10 Å². The van der Waals surface area contributed by atoms with Gasteiger partial charge in [0.1, 0.15) is 0 Å². The van der Waals surface area contributed by atoms with Gasteiger partial charge in [-0.05, 0) is 31.5 Å². The van der Waals surface area contributed by atoms with Gasteiger partial charge in [0.25, 0.3) is 0 Å². The second kappa shape index (κ2) is 5.99. The number of hydrogen-bond acceptors (Lipinski definition) is 2. The molecule has 96 valence electrons. The van der Waals surface area contributed by atoms with Crippen molar-refractivity contribution < 1.29 is 9.53 Å². The van der Waals surface area contributed by atoms with Crippen LogP contribution in [0, 0.1) is 5.92 Å². The van der Waals surface area contributed by atoms with E-state index in [-0.39, 0.29) is 17.1 Å². The molecule has 0 aromatic rings. The lowest BCUT2D eigenvalue weighted by atomic mass is 10.0. The summed E-state index contributed by atoms with van der Waals surface area (Å²) in [7, 11) is -1.69. The van der Waals surface area contributed by atoms with Gasteiger partial charge in [-0.1, -0.05) is 26.8 Å². The van der Waals surface area contributed by atoms with Gasteiger partial charge in [-0.25, -0.2) is 0 Å². The van der Waals surface area contributed by atoms with Crippen LogP contribution in [-0.2, 0) is 4.43 Å². The summed E-state index contributed by atoms with van der Waals surface area (Å²) in [6.45, 7) is 17.3. The van der Waals surface area contributed by atoms with Gasteiger partial charge in [-0.2, -0.15) is 0 Å². The molecule has 0 heterocycles. The van der Waals surface area contributed by atoms with Crippen molar-refractivity contribution in [3.8, 4) is 0 Å². The third kappa shape index (κ3) is 4.81. The molecule has 0 amide bonds. The molecule has 0 saturated heterocycles. The van der Waals surface area contributed by atoms with Crippen LogP contribution in [0.3, 0.4) is 0 Å². The standard InChI is InChI=1S/C13H28O2Si/c1-8-9-12(11(2)14)10-15-16(6,7)13(3,4)5/h8,11-12,14H,1,9-10H2,2-7H3. The number of allylic oxidation sites excluding steroid dienone is 1. The highest BCUT2D eigenvalue weighted by Crippen LogP contribution is 2.37. The Morgan fingerprint density at radius 2 is 1.88 bits per heavy atom. The fraction of sp³-hybridized carbons (Fsp3) is 0.846. The van der Waals surface area contributed by atoms with E-state index >= 15 is 0 Å². The average molecular weight is 244 g/mol. The molecule has 0 fully saturated rings. The van der Waals surface area contributed by atoms with Crippen LogP contribution in [0.5, 0.6) is 0 Å². The lowest BCUT2D eigenvalue weighted by Gasteiger charge is -2.37.